The van der Waals surface area contributed by atoms with Gasteiger partial charge in [0, 0.05) is 11.0 Å². The molecule has 0 saturated carbocycles. The predicted octanol–water partition coefficient (Wildman–Crippen LogP) is 3.88. The standard InChI is InChI=1S/C16H16F3N3O2S/c1-14(2,3)13-21-20-12(25-13)10-6-4-9(5-7-10)11-8-15(23,24-22-11)16(17,18)19/h4-7,23H,8H2,1-3H3. The number of halogens is 3. The number of aliphatic hydroxyl groups is 1. The minimum absolute atomic E-state index is 0.0408. The van der Waals surface area contributed by atoms with Crippen LogP contribution in [0.15, 0.2) is 29.4 Å². The molecule has 0 radical (unpaired) electrons. The van der Waals surface area contributed by atoms with Crippen molar-refractivity contribution in [1.82, 2.24) is 10.2 Å². The number of hydrogen-bond acceptors (Lipinski definition) is 6. The Labute approximate surface area is 146 Å². The first-order valence-corrected chi connectivity index (χ1v) is 8.30. The monoisotopic (exact) mass is 371 g/mol. The Kier molecular flexibility index (Phi) is 4.11. The predicted molar refractivity (Wildman–Crippen MR) is 87.3 cm³/mol. The lowest BCUT2D eigenvalue weighted by Gasteiger charge is -2.22. The van der Waals surface area contributed by atoms with Crippen molar-refractivity contribution in [2.75, 3.05) is 0 Å². The van der Waals surface area contributed by atoms with Gasteiger partial charge in [0.25, 0.3) is 0 Å². The van der Waals surface area contributed by atoms with Crippen LogP contribution in [0.5, 0.6) is 0 Å². The van der Waals surface area contributed by atoms with Crippen LogP contribution in [0, 0.1) is 0 Å². The third-order valence-electron chi connectivity index (χ3n) is 3.69. The zero-order chi connectivity index (χ0) is 18.5. The summed E-state index contributed by atoms with van der Waals surface area (Å²) in [5.74, 6) is -3.26. The van der Waals surface area contributed by atoms with Crippen molar-refractivity contribution in [2.45, 2.75) is 44.6 Å². The van der Waals surface area contributed by atoms with E-state index >= 15 is 0 Å². The molecule has 0 amide bonds. The fourth-order valence-electron chi connectivity index (χ4n) is 2.18. The summed E-state index contributed by atoms with van der Waals surface area (Å²) in [5.41, 5.74) is 1.19. The number of benzene rings is 1. The van der Waals surface area contributed by atoms with Crippen LogP contribution in [-0.2, 0) is 10.3 Å². The Bertz CT molecular complexity index is 809. The molecule has 1 aliphatic heterocycles. The van der Waals surface area contributed by atoms with Gasteiger partial charge in [-0.1, -0.05) is 61.5 Å². The summed E-state index contributed by atoms with van der Waals surface area (Å²) in [5, 5.41) is 22.8. The number of aromatic nitrogens is 2. The minimum atomic E-state index is -4.91. The van der Waals surface area contributed by atoms with Gasteiger partial charge < -0.3 is 9.94 Å². The SMILES string of the molecule is CC(C)(C)c1nnc(-c2ccc(C3=NOC(O)(C(F)(F)F)C3)cc2)s1. The molecule has 0 spiro atoms. The minimum Gasteiger partial charge on any atom is -0.350 e. The molecule has 134 valence electrons. The summed E-state index contributed by atoms with van der Waals surface area (Å²) < 4.78 is 38.3. The van der Waals surface area contributed by atoms with Gasteiger partial charge in [-0.25, -0.2) is 0 Å². The van der Waals surface area contributed by atoms with Gasteiger partial charge >= 0.3 is 12.0 Å². The molecule has 1 N–H and O–H groups in total. The van der Waals surface area contributed by atoms with Gasteiger partial charge in [0.05, 0.1) is 12.1 Å². The lowest BCUT2D eigenvalue weighted by molar-refractivity contribution is -0.355. The molecule has 1 aromatic heterocycles. The summed E-state index contributed by atoms with van der Waals surface area (Å²) in [4.78, 5) is 4.23. The van der Waals surface area contributed by atoms with E-state index in [0.717, 1.165) is 15.6 Å². The van der Waals surface area contributed by atoms with Gasteiger partial charge in [-0.15, -0.1) is 10.2 Å². The fourth-order valence-corrected chi connectivity index (χ4v) is 3.08. The zero-order valence-electron chi connectivity index (χ0n) is 13.8. The first-order chi connectivity index (χ1) is 11.5. The Morgan fingerprint density at radius 1 is 1.08 bits per heavy atom. The van der Waals surface area contributed by atoms with Gasteiger partial charge in [-0.05, 0) is 5.56 Å². The van der Waals surface area contributed by atoms with Gasteiger partial charge in [-0.2, -0.15) is 13.2 Å². The second-order valence-corrected chi connectivity index (χ2v) is 7.81. The van der Waals surface area contributed by atoms with Crippen molar-refractivity contribution in [3.63, 3.8) is 0 Å². The molecule has 2 heterocycles. The summed E-state index contributed by atoms with van der Waals surface area (Å²) in [6, 6.07) is 6.71. The van der Waals surface area contributed by atoms with Crippen LogP contribution in [0.4, 0.5) is 13.2 Å². The molecular weight excluding hydrogens is 355 g/mol. The van der Waals surface area contributed by atoms with Crippen LogP contribution in [0.25, 0.3) is 10.6 Å². The molecule has 0 fully saturated rings. The maximum atomic E-state index is 12.8. The van der Waals surface area contributed by atoms with E-state index in [1.54, 1.807) is 24.3 Å². The number of alkyl halides is 3. The van der Waals surface area contributed by atoms with Crippen LogP contribution in [0.2, 0.25) is 0 Å². The third-order valence-corrected chi connectivity index (χ3v) is 5.09. The molecule has 25 heavy (non-hydrogen) atoms. The third kappa shape index (κ3) is 3.38. The van der Waals surface area contributed by atoms with E-state index in [9.17, 15) is 18.3 Å². The van der Waals surface area contributed by atoms with E-state index in [1.807, 2.05) is 20.8 Å². The van der Waals surface area contributed by atoms with Crippen molar-refractivity contribution in [3.05, 3.63) is 34.8 Å². The van der Waals surface area contributed by atoms with Crippen LogP contribution in [-0.4, -0.2) is 33.0 Å². The molecular formula is C16H16F3N3O2S. The first-order valence-electron chi connectivity index (χ1n) is 7.48. The second kappa shape index (κ2) is 5.77. The van der Waals surface area contributed by atoms with Crippen LogP contribution < -0.4 is 0 Å². The molecule has 0 bridgehead atoms. The van der Waals surface area contributed by atoms with E-state index < -0.39 is 18.4 Å². The highest BCUT2D eigenvalue weighted by Gasteiger charge is 2.60. The molecule has 1 unspecified atom stereocenters. The Balaban J connectivity index is 1.79. The quantitative estimate of drug-likeness (QED) is 0.870. The summed E-state index contributed by atoms with van der Waals surface area (Å²) >= 11 is 1.47. The molecule has 9 heteroatoms. The summed E-state index contributed by atoms with van der Waals surface area (Å²) in [6.45, 7) is 6.13. The average Bonchev–Trinajstić information content (AvgIpc) is 3.14. The topological polar surface area (TPSA) is 67.6 Å². The number of oxime groups is 1. The zero-order valence-corrected chi connectivity index (χ0v) is 14.6. The first kappa shape index (κ1) is 17.8. The Hall–Kier alpha value is -2.00. The number of rotatable bonds is 2. The van der Waals surface area contributed by atoms with E-state index in [-0.39, 0.29) is 11.1 Å². The smallest absolute Gasteiger partial charge is 0.350 e. The molecule has 5 nitrogen and oxygen atoms in total. The van der Waals surface area contributed by atoms with Crippen molar-refractivity contribution in [2.24, 2.45) is 5.16 Å². The van der Waals surface area contributed by atoms with E-state index in [0.29, 0.717) is 5.56 Å². The lowest BCUT2D eigenvalue weighted by atomic mass is 9.98. The molecule has 0 saturated heterocycles. The maximum absolute atomic E-state index is 12.8. The van der Waals surface area contributed by atoms with Crippen LogP contribution in [0.3, 0.4) is 0 Å². The van der Waals surface area contributed by atoms with Crippen molar-refractivity contribution in [1.29, 1.82) is 0 Å². The fraction of sp³-hybridized carbons (Fsp3) is 0.438. The van der Waals surface area contributed by atoms with E-state index in [1.165, 1.54) is 11.3 Å². The van der Waals surface area contributed by atoms with Crippen LogP contribution in [0.1, 0.15) is 37.8 Å². The van der Waals surface area contributed by atoms with Gasteiger partial charge in [-0.3, -0.25) is 0 Å². The highest BCUT2D eigenvalue weighted by atomic mass is 32.1. The van der Waals surface area contributed by atoms with Gasteiger partial charge in [0.2, 0.25) is 0 Å². The highest BCUT2D eigenvalue weighted by molar-refractivity contribution is 7.14. The van der Waals surface area contributed by atoms with Crippen molar-refractivity contribution < 1.29 is 23.1 Å². The Morgan fingerprint density at radius 3 is 2.16 bits per heavy atom. The Morgan fingerprint density at radius 2 is 1.68 bits per heavy atom. The molecule has 0 aliphatic carbocycles. The largest absolute Gasteiger partial charge is 0.458 e. The number of nitrogens with zero attached hydrogens (tertiary/aromatic N) is 3. The normalized spacial score (nSPS) is 21.2. The van der Waals surface area contributed by atoms with Crippen molar-refractivity contribution in [3.8, 4) is 10.6 Å². The van der Waals surface area contributed by atoms with Gasteiger partial charge in [0.1, 0.15) is 10.0 Å². The molecule has 2 aromatic rings. The lowest BCUT2D eigenvalue weighted by Crippen LogP contribution is -2.45. The molecule has 3 rings (SSSR count). The summed E-state index contributed by atoms with van der Waals surface area (Å²) in [7, 11) is 0. The highest BCUT2D eigenvalue weighted by Crippen LogP contribution is 2.39. The molecule has 1 atom stereocenters. The number of hydrogen-bond donors (Lipinski definition) is 1. The van der Waals surface area contributed by atoms with Crippen molar-refractivity contribution >= 4 is 17.0 Å². The maximum Gasteiger partial charge on any atom is 0.458 e. The molecule has 1 aliphatic rings. The van der Waals surface area contributed by atoms with Crippen LogP contribution >= 0.6 is 11.3 Å². The van der Waals surface area contributed by atoms with E-state index in [4.69, 9.17) is 0 Å². The average molecular weight is 371 g/mol. The molecule has 1 aromatic carbocycles. The van der Waals surface area contributed by atoms with E-state index in [2.05, 4.69) is 20.2 Å². The second-order valence-electron chi connectivity index (χ2n) is 6.83. The van der Waals surface area contributed by atoms with Gasteiger partial charge in [0.15, 0.2) is 0 Å². The summed E-state index contributed by atoms with van der Waals surface area (Å²) in [6.07, 6.45) is -5.66.